The molecule has 0 aliphatic carbocycles. The lowest BCUT2D eigenvalue weighted by Crippen LogP contribution is -2.37. The number of hydrogen-bond donors (Lipinski definition) is 2. The molecule has 0 aromatic carbocycles. The molecule has 0 radical (unpaired) electrons. The van der Waals surface area contributed by atoms with E-state index in [1.807, 2.05) is 13.8 Å². The molecule has 0 unspecified atom stereocenters. The van der Waals surface area contributed by atoms with Gasteiger partial charge in [0.2, 0.25) is 0 Å². The van der Waals surface area contributed by atoms with Crippen LogP contribution in [-0.4, -0.2) is 38.2 Å². The molecule has 0 saturated carbocycles. The Kier molecular flexibility index (Phi) is 11.3. The van der Waals surface area contributed by atoms with Crippen LogP contribution in [0.3, 0.4) is 0 Å². The molecule has 0 bridgehead atoms. The van der Waals surface area contributed by atoms with Crippen LogP contribution in [0.4, 0.5) is 0 Å². The third-order valence-corrected chi connectivity index (χ3v) is 2.28. The van der Waals surface area contributed by atoms with E-state index in [4.69, 9.17) is 4.74 Å². The van der Waals surface area contributed by atoms with E-state index < -0.39 is 0 Å². The highest BCUT2D eigenvalue weighted by atomic mass is 16.5. The first kappa shape index (κ1) is 16.7. The minimum atomic E-state index is -0.142. The molecule has 18 heavy (non-hydrogen) atoms. The molecule has 5 nitrogen and oxygen atoms in total. The van der Waals surface area contributed by atoms with Crippen LogP contribution in [0.15, 0.2) is 4.99 Å². The number of rotatable bonds is 9. The van der Waals surface area contributed by atoms with Crippen molar-refractivity contribution in [3.63, 3.8) is 0 Å². The molecule has 0 aromatic heterocycles. The summed E-state index contributed by atoms with van der Waals surface area (Å²) in [6, 6.07) is 0. The van der Waals surface area contributed by atoms with E-state index in [1.54, 1.807) is 0 Å². The van der Waals surface area contributed by atoms with E-state index in [1.165, 1.54) is 0 Å². The van der Waals surface area contributed by atoms with Crippen LogP contribution in [0.2, 0.25) is 0 Å². The summed E-state index contributed by atoms with van der Waals surface area (Å²) in [7, 11) is 0. The van der Waals surface area contributed by atoms with Crippen molar-refractivity contribution < 1.29 is 9.53 Å². The van der Waals surface area contributed by atoms with Crippen molar-refractivity contribution in [3.8, 4) is 0 Å². The molecule has 0 rings (SSSR count). The standard InChI is InChI=1S/C13H27N3O2/c1-4-7-10-15-13(14-5-2)16-11-8-9-12(17)18-6-3/h4-11H2,1-3H3,(H2,14,15,16). The minimum Gasteiger partial charge on any atom is -0.466 e. The number of nitrogens with one attached hydrogen (secondary N) is 2. The summed E-state index contributed by atoms with van der Waals surface area (Å²) in [4.78, 5) is 15.5. The number of carbonyl (C=O) groups excluding carboxylic acids is 1. The second-order valence-electron chi connectivity index (χ2n) is 3.95. The Morgan fingerprint density at radius 3 is 2.56 bits per heavy atom. The molecule has 0 saturated heterocycles. The molecule has 0 aromatic rings. The SMILES string of the molecule is CCCCNC(=NCCCC(=O)OCC)NCC. The van der Waals surface area contributed by atoms with Gasteiger partial charge in [-0.05, 0) is 26.7 Å². The van der Waals surface area contributed by atoms with Gasteiger partial charge in [-0.2, -0.15) is 0 Å². The van der Waals surface area contributed by atoms with Crippen LogP contribution in [-0.2, 0) is 9.53 Å². The zero-order valence-corrected chi connectivity index (χ0v) is 11.9. The Morgan fingerprint density at radius 1 is 1.17 bits per heavy atom. The molecule has 2 N–H and O–H groups in total. The Hall–Kier alpha value is -1.26. The monoisotopic (exact) mass is 257 g/mol. The fourth-order valence-electron chi connectivity index (χ4n) is 1.37. The predicted octanol–water partition coefficient (Wildman–Crippen LogP) is 1.68. The van der Waals surface area contributed by atoms with Gasteiger partial charge in [0.25, 0.3) is 0 Å². The van der Waals surface area contributed by atoms with Crippen molar-refractivity contribution in [1.29, 1.82) is 0 Å². The maximum atomic E-state index is 11.1. The zero-order valence-electron chi connectivity index (χ0n) is 11.9. The second kappa shape index (κ2) is 12.2. The van der Waals surface area contributed by atoms with E-state index in [9.17, 15) is 4.79 Å². The highest BCUT2D eigenvalue weighted by Gasteiger charge is 2.01. The minimum absolute atomic E-state index is 0.142. The Bertz CT molecular complexity index is 242. The summed E-state index contributed by atoms with van der Waals surface area (Å²) in [5, 5.41) is 6.44. The Morgan fingerprint density at radius 2 is 1.94 bits per heavy atom. The number of ether oxygens (including phenoxy) is 1. The number of nitrogens with zero attached hydrogens (tertiary/aromatic N) is 1. The van der Waals surface area contributed by atoms with Crippen LogP contribution in [0.1, 0.15) is 46.5 Å². The van der Waals surface area contributed by atoms with Gasteiger partial charge in [-0.15, -0.1) is 0 Å². The fourth-order valence-corrected chi connectivity index (χ4v) is 1.37. The van der Waals surface area contributed by atoms with Crippen molar-refractivity contribution in [3.05, 3.63) is 0 Å². The first-order chi connectivity index (χ1) is 8.74. The number of esters is 1. The van der Waals surface area contributed by atoms with Crippen molar-refractivity contribution >= 4 is 11.9 Å². The molecule has 0 spiro atoms. The van der Waals surface area contributed by atoms with Crippen molar-refractivity contribution in [2.24, 2.45) is 4.99 Å². The lowest BCUT2D eigenvalue weighted by molar-refractivity contribution is -0.143. The summed E-state index contributed by atoms with van der Waals surface area (Å²) < 4.78 is 4.86. The van der Waals surface area contributed by atoms with Gasteiger partial charge in [-0.25, -0.2) is 0 Å². The van der Waals surface area contributed by atoms with Gasteiger partial charge in [0.15, 0.2) is 5.96 Å². The normalized spacial score (nSPS) is 11.2. The number of aliphatic imine (C=N–C) groups is 1. The summed E-state index contributed by atoms with van der Waals surface area (Å²) in [5.41, 5.74) is 0. The van der Waals surface area contributed by atoms with Gasteiger partial charge in [0.05, 0.1) is 6.61 Å². The maximum Gasteiger partial charge on any atom is 0.305 e. The number of hydrogen-bond acceptors (Lipinski definition) is 3. The lowest BCUT2D eigenvalue weighted by atomic mass is 10.3. The Balaban J connectivity index is 3.81. The molecule has 106 valence electrons. The highest BCUT2D eigenvalue weighted by Crippen LogP contribution is 1.93. The van der Waals surface area contributed by atoms with Crippen LogP contribution < -0.4 is 10.6 Å². The lowest BCUT2D eigenvalue weighted by Gasteiger charge is -2.10. The number of unbranched alkanes of at least 4 members (excludes halogenated alkanes) is 1. The van der Waals surface area contributed by atoms with Gasteiger partial charge in [-0.1, -0.05) is 13.3 Å². The quantitative estimate of drug-likeness (QED) is 0.285. The first-order valence-corrected chi connectivity index (χ1v) is 6.92. The van der Waals surface area contributed by atoms with Gasteiger partial charge in [0, 0.05) is 26.1 Å². The Labute approximate surface area is 110 Å². The van der Waals surface area contributed by atoms with E-state index in [0.717, 1.165) is 38.3 Å². The van der Waals surface area contributed by atoms with Crippen LogP contribution in [0.25, 0.3) is 0 Å². The summed E-state index contributed by atoms with van der Waals surface area (Å²) >= 11 is 0. The van der Waals surface area contributed by atoms with Crippen LogP contribution in [0.5, 0.6) is 0 Å². The highest BCUT2D eigenvalue weighted by molar-refractivity contribution is 5.79. The van der Waals surface area contributed by atoms with Gasteiger partial charge >= 0.3 is 5.97 Å². The average molecular weight is 257 g/mol. The van der Waals surface area contributed by atoms with Crippen molar-refractivity contribution in [2.75, 3.05) is 26.2 Å². The third kappa shape index (κ3) is 9.93. The van der Waals surface area contributed by atoms with E-state index in [2.05, 4.69) is 22.5 Å². The summed E-state index contributed by atoms with van der Waals surface area (Å²) in [6.45, 7) is 8.87. The van der Waals surface area contributed by atoms with E-state index >= 15 is 0 Å². The molecular formula is C13H27N3O2. The average Bonchev–Trinajstić information content (AvgIpc) is 2.35. The third-order valence-electron chi connectivity index (χ3n) is 2.28. The molecule has 0 heterocycles. The molecular weight excluding hydrogens is 230 g/mol. The second-order valence-corrected chi connectivity index (χ2v) is 3.95. The largest absolute Gasteiger partial charge is 0.466 e. The van der Waals surface area contributed by atoms with Gasteiger partial charge < -0.3 is 15.4 Å². The smallest absolute Gasteiger partial charge is 0.305 e. The molecule has 0 amide bonds. The topological polar surface area (TPSA) is 62.7 Å². The summed E-state index contributed by atoms with van der Waals surface area (Å²) in [6.07, 6.45) is 3.46. The van der Waals surface area contributed by atoms with Gasteiger partial charge in [0.1, 0.15) is 0 Å². The predicted molar refractivity (Wildman–Crippen MR) is 74.8 cm³/mol. The molecule has 0 aliphatic heterocycles. The summed E-state index contributed by atoms with van der Waals surface area (Å²) in [5.74, 6) is 0.687. The van der Waals surface area contributed by atoms with Crippen molar-refractivity contribution in [2.45, 2.75) is 46.5 Å². The molecule has 0 fully saturated rings. The van der Waals surface area contributed by atoms with Crippen LogP contribution in [0, 0.1) is 0 Å². The van der Waals surface area contributed by atoms with Crippen LogP contribution >= 0.6 is 0 Å². The molecule has 5 heteroatoms. The fraction of sp³-hybridized carbons (Fsp3) is 0.846. The maximum absolute atomic E-state index is 11.1. The number of guanidine groups is 1. The van der Waals surface area contributed by atoms with E-state index in [-0.39, 0.29) is 5.97 Å². The molecule has 0 atom stereocenters. The first-order valence-electron chi connectivity index (χ1n) is 6.92. The number of carbonyl (C=O) groups is 1. The zero-order chi connectivity index (χ0) is 13.6. The van der Waals surface area contributed by atoms with Gasteiger partial charge in [-0.3, -0.25) is 9.79 Å². The van der Waals surface area contributed by atoms with E-state index in [0.29, 0.717) is 19.6 Å². The van der Waals surface area contributed by atoms with Crippen molar-refractivity contribution in [1.82, 2.24) is 10.6 Å². The molecule has 0 aliphatic rings.